The Labute approximate surface area is 174 Å². The maximum atomic E-state index is 13.4. The Morgan fingerprint density at radius 3 is 2.61 bits per heavy atom. The van der Waals surface area contributed by atoms with E-state index in [9.17, 15) is 19.5 Å². The quantitative estimate of drug-likeness (QED) is 0.692. The van der Waals surface area contributed by atoms with Crippen molar-refractivity contribution in [2.75, 3.05) is 12.0 Å². The van der Waals surface area contributed by atoms with Crippen molar-refractivity contribution in [2.24, 2.45) is 0 Å². The van der Waals surface area contributed by atoms with Crippen LogP contribution in [0.2, 0.25) is 0 Å². The summed E-state index contributed by atoms with van der Waals surface area (Å²) in [4.78, 5) is 40.7. The number of carbonyl (C=O) groups is 3. The fourth-order valence-electron chi connectivity index (χ4n) is 3.16. The van der Waals surface area contributed by atoms with Gasteiger partial charge in [0.1, 0.15) is 11.0 Å². The molecule has 2 amide bonds. The first kappa shape index (κ1) is 20.3. The zero-order valence-corrected chi connectivity index (χ0v) is 17.7. The average molecular weight is 467 g/mol. The first-order valence-corrected chi connectivity index (χ1v) is 10.1. The molecule has 1 unspecified atom stereocenters. The topological polar surface area (TPSA) is 87.2 Å². The number of carbonyl (C=O) groups excluding carboxylic acids is 2. The zero-order chi connectivity index (χ0) is 20.4. The predicted molar refractivity (Wildman–Crippen MR) is 108 cm³/mol. The van der Waals surface area contributed by atoms with Crippen LogP contribution in [0.5, 0.6) is 0 Å². The standard InChI is InChI=1S/C19H19BrN2O5S/c1-11-16(20)13-10-21(19(25)26)14(8-15(23)27-2)17(24)22(18(13)28-11)9-12-6-4-3-5-7-12/h3-7,14H,8-10H2,1-2H3,(H,25,26). The van der Waals surface area contributed by atoms with Gasteiger partial charge in [-0.05, 0) is 28.4 Å². The number of methoxy groups -OCH3 is 1. The number of anilines is 1. The predicted octanol–water partition coefficient (Wildman–Crippen LogP) is 3.78. The summed E-state index contributed by atoms with van der Waals surface area (Å²) in [6.07, 6.45) is -1.59. The first-order valence-electron chi connectivity index (χ1n) is 8.53. The van der Waals surface area contributed by atoms with Gasteiger partial charge in [0.05, 0.1) is 26.6 Å². The van der Waals surface area contributed by atoms with Crippen molar-refractivity contribution < 1.29 is 24.2 Å². The summed E-state index contributed by atoms with van der Waals surface area (Å²) in [5, 5.41) is 10.4. The summed E-state index contributed by atoms with van der Waals surface area (Å²) in [5.74, 6) is -1.08. The molecule has 1 aromatic heterocycles. The van der Waals surface area contributed by atoms with E-state index in [2.05, 4.69) is 20.7 Å². The smallest absolute Gasteiger partial charge is 0.408 e. The highest BCUT2D eigenvalue weighted by atomic mass is 79.9. The molecule has 2 aromatic rings. The molecule has 0 saturated carbocycles. The van der Waals surface area contributed by atoms with Crippen molar-refractivity contribution in [3.8, 4) is 0 Å². The second-order valence-electron chi connectivity index (χ2n) is 6.37. The maximum absolute atomic E-state index is 13.4. The van der Waals surface area contributed by atoms with E-state index in [0.29, 0.717) is 5.00 Å². The van der Waals surface area contributed by atoms with Crippen LogP contribution in [0.1, 0.15) is 22.4 Å². The molecule has 3 rings (SSSR count). The van der Waals surface area contributed by atoms with E-state index in [0.717, 1.165) is 25.4 Å². The van der Waals surface area contributed by atoms with Gasteiger partial charge in [0.25, 0.3) is 5.91 Å². The molecule has 0 spiro atoms. The lowest BCUT2D eigenvalue weighted by Crippen LogP contribution is -2.49. The van der Waals surface area contributed by atoms with Gasteiger partial charge in [0, 0.05) is 14.9 Å². The number of rotatable bonds is 4. The number of carboxylic acid groups (broad SMARTS) is 1. The highest BCUT2D eigenvalue weighted by Gasteiger charge is 2.41. The Morgan fingerprint density at radius 1 is 1.32 bits per heavy atom. The minimum Gasteiger partial charge on any atom is -0.469 e. The SMILES string of the molecule is COC(=O)CC1C(=O)N(Cc2ccccc2)c2sc(C)c(Br)c2CN1C(=O)O. The van der Waals surface area contributed by atoms with E-state index >= 15 is 0 Å². The Morgan fingerprint density at radius 2 is 2.00 bits per heavy atom. The number of amides is 2. The van der Waals surface area contributed by atoms with Gasteiger partial charge in [-0.25, -0.2) is 4.79 Å². The van der Waals surface area contributed by atoms with E-state index in [1.54, 1.807) is 4.90 Å². The number of aryl methyl sites for hydroxylation is 1. The summed E-state index contributed by atoms with van der Waals surface area (Å²) < 4.78 is 5.47. The molecule has 148 valence electrons. The second kappa shape index (κ2) is 8.32. The lowest BCUT2D eigenvalue weighted by Gasteiger charge is -2.28. The number of thiophene rings is 1. The largest absolute Gasteiger partial charge is 0.469 e. The third-order valence-corrected chi connectivity index (χ3v) is 7.11. The third kappa shape index (κ3) is 3.90. The lowest BCUT2D eigenvalue weighted by atomic mass is 10.1. The molecule has 1 aromatic carbocycles. The third-order valence-electron chi connectivity index (χ3n) is 4.60. The molecule has 0 aliphatic carbocycles. The average Bonchev–Trinajstić information content (AvgIpc) is 2.90. The van der Waals surface area contributed by atoms with Crippen LogP contribution in [0.3, 0.4) is 0 Å². The van der Waals surface area contributed by atoms with Crippen LogP contribution >= 0.6 is 27.3 Å². The number of hydrogen-bond acceptors (Lipinski definition) is 5. The fraction of sp³-hybridized carbons (Fsp3) is 0.316. The van der Waals surface area contributed by atoms with Crippen molar-refractivity contribution in [1.29, 1.82) is 0 Å². The first-order chi connectivity index (χ1) is 13.3. The molecule has 0 saturated heterocycles. The minimum absolute atomic E-state index is 0.00821. The number of fused-ring (bicyclic) bond motifs is 1. The van der Waals surface area contributed by atoms with Crippen LogP contribution in [0, 0.1) is 6.92 Å². The van der Waals surface area contributed by atoms with Crippen LogP contribution in [0.4, 0.5) is 9.80 Å². The maximum Gasteiger partial charge on any atom is 0.408 e. The normalized spacial score (nSPS) is 16.5. The molecular weight excluding hydrogens is 448 g/mol. The van der Waals surface area contributed by atoms with Gasteiger partial charge in [-0.2, -0.15) is 0 Å². The molecule has 7 nitrogen and oxygen atoms in total. The summed E-state index contributed by atoms with van der Waals surface area (Å²) in [7, 11) is 1.22. The Hall–Kier alpha value is -2.39. The second-order valence-corrected chi connectivity index (χ2v) is 8.37. The van der Waals surface area contributed by atoms with E-state index in [-0.39, 0.29) is 19.5 Å². The van der Waals surface area contributed by atoms with Crippen LogP contribution < -0.4 is 4.90 Å². The van der Waals surface area contributed by atoms with Crippen LogP contribution in [0.15, 0.2) is 34.8 Å². The molecular formula is C19H19BrN2O5S. The summed E-state index contributed by atoms with van der Waals surface area (Å²) in [6, 6.07) is 8.29. The van der Waals surface area contributed by atoms with Gasteiger partial charge in [-0.15, -0.1) is 11.3 Å². The molecule has 1 aliphatic heterocycles. The summed E-state index contributed by atoms with van der Waals surface area (Å²) in [5.41, 5.74) is 1.63. The van der Waals surface area contributed by atoms with Gasteiger partial charge >= 0.3 is 12.1 Å². The van der Waals surface area contributed by atoms with Crippen molar-refractivity contribution in [1.82, 2.24) is 4.90 Å². The number of benzene rings is 1. The van der Waals surface area contributed by atoms with Gasteiger partial charge in [0.15, 0.2) is 0 Å². The summed E-state index contributed by atoms with van der Waals surface area (Å²) >= 11 is 4.95. The van der Waals surface area contributed by atoms with E-state index in [4.69, 9.17) is 0 Å². The Kier molecular flexibility index (Phi) is 6.04. The Balaban J connectivity index is 2.10. The molecule has 0 fully saturated rings. The van der Waals surface area contributed by atoms with Gasteiger partial charge < -0.3 is 9.84 Å². The molecule has 0 bridgehead atoms. The summed E-state index contributed by atoms with van der Waals surface area (Å²) in [6.45, 7) is 2.20. The van der Waals surface area contributed by atoms with Gasteiger partial charge in [-0.3, -0.25) is 19.4 Å². The van der Waals surface area contributed by atoms with Crippen molar-refractivity contribution in [3.63, 3.8) is 0 Å². The molecule has 9 heteroatoms. The van der Waals surface area contributed by atoms with Crippen molar-refractivity contribution in [2.45, 2.75) is 32.5 Å². The molecule has 0 radical (unpaired) electrons. The number of halogens is 1. The van der Waals surface area contributed by atoms with Crippen LogP contribution in [-0.2, 0) is 27.4 Å². The molecule has 1 atom stereocenters. The Bertz CT molecular complexity index is 915. The minimum atomic E-state index is -1.26. The van der Waals surface area contributed by atoms with Crippen LogP contribution in [-0.4, -0.2) is 41.1 Å². The van der Waals surface area contributed by atoms with Crippen molar-refractivity contribution >= 4 is 50.2 Å². The highest BCUT2D eigenvalue weighted by molar-refractivity contribution is 9.10. The van der Waals surface area contributed by atoms with E-state index in [1.165, 1.54) is 18.4 Å². The zero-order valence-electron chi connectivity index (χ0n) is 15.3. The molecule has 1 aliphatic rings. The monoisotopic (exact) mass is 466 g/mol. The number of esters is 1. The van der Waals surface area contributed by atoms with Crippen molar-refractivity contribution in [3.05, 3.63) is 50.8 Å². The number of nitrogens with zero attached hydrogens (tertiary/aromatic N) is 2. The highest BCUT2D eigenvalue weighted by Crippen LogP contribution is 2.43. The lowest BCUT2D eigenvalue weighted by molar-refractivity contribution is -0.144. The van der Waals surface area contributed by atoms with Gasteiger partial charge in [-0.1, -0.05) is 30.3 Å². The molecule has 2 heterocycles. The van der Waals surface area contributed by atoms with E-state index in [1.807, 2.05) is 37.3 Å². The van der Waals surface area contributed by atoms with Gasteiger partial charge in [0.2, 0.25) is 0 Å². The molecule has 28 heavy (non-hydrogen) atoms. The van der Waals surface area contributed by atoms with Crippen LogP contribution in [0.25, 0.3) is 0 Å². The van der Waals surface area contributed by atoms with E-state index < -0.39 is 24.0 Å². The number of ether oxygens (including phenoxy) is 1. The number of hydrogen-bond donors (Lipinski definition) is 1. The molecule has 1 N–H and O–H groups in total. The fourth-order valence-corrected chi connectivity index (χ4v) is 4.91.